The normalized spacial score (nSPS) is 15.8. The van der Waals surface area contributed by atoms with E-state index in [2.05, 4.69) is 5.10 Å². The van der Waals surface area contributed by atoms with Gasteiger partial charge in [0.15, 0.2) is 12.0 Å². The van der Waals surface area contributed by atoms with Crippen LogP contribution in [0.2, 0.25) is 0 Å². The van der Waals surface area contributed by atoms with Crippen LogP contribution in [-0.4, -0.2) is 16.1 Å². The third kappa shape index (κ3) is 2.07. The van der Waals surface area contributed by atoms with Gasteiger partial charge in [0.05, 0.1) is 11.6 Å². The summed E-state index contributed by atoms with van der Waals surface area (Å²) in [5, 5.41) is 5.65. The lowest BCUT2D eigenvalue weighted by molar-refractivity contribution is 0.112. The summed E-state index contributed by atoms with van der Waals surface area (Å²) in [6.07, 6.45) is 7.47. The zero-order valence-electron chi connectivity index (χ0n) is 11.7. The van der Waals surface area contributed by atoms with Gasteiger partial charge in [-0.25, -0.2) is 0 Å². The van der Waals surface area contributed by atoms with Crippen molar-refractivity contribution in [1.82, 2.24) is 9.78 Å². The third-order valence-corrected chi connectivity index (χ3v) is 4.24. The van der Waals surface area contributed by atoms with Gasteiger partial charge < -0.3 is 4.42 Å². The van der Waals surface area contributed by atoms with Crippen LogP contribution in [-0.2, 0) is 0 Å². The molecule has 0 spiro atoms. The van der Waals surface area contributed by atoms with E-state index < -0.39 is 0 Å². The Morgan fingerprint density at radius 1 is 1.24 bits per heavy atom. The molecule has 3 aromatic rings. The fourth-order valence-electron chi connectivity index (χ4n) is 3.14. The molecule has 4 heteroatoms. The number of fused-ring (bicyclic) bond motifs is 1. The van der Waals surface area contributed by atoms with Crippen molar-refractivity contribution in [3.05, 3.63) is 42.1 Å². The Balaban J connectivity index is 1.80. The molecule has 0 bridgehead atoms. The first-order valence-electron chi connectivity index (χ1n) is 7.38. The number of aldehydes is 1. The maximum Gasteiger partial charge on any atom is 0.156 e. The molecule has 1 saturated carbocycles. The van der Waals surface area contributed by atoms with Gasteiger partial charge in [0.25, 0.3) is 0 Å². The number of aromatic nitrogens is 2. The van der Waals surface area contributed by atoms with Gasteiger partial charge in [-0.1, -0.05) is 31.0 Å². The average Bonchev–Trinajstić information content (AvgIpc) is 3.24. The molecule has 2 aromatic heterocycles. The number of nitrogens with zero attached hydrogens (tertiary/aromatic N) is 2. The molecule has 0 unspecified atom stereocenters. The average molecular weight is 280 g/mol. The van der Waals surface area contributed by atoms with E-state index in [0.717, 1.165) is 30.1 Å². The molecule has 1 aromatic carbocycles. The summed E-state index contributed by atoms with van der Waals surface area (Å²) in [4.78, 5) is 11.3. The van der Waals surface area contributed by atoms with Gasteiger partial charge in [-0.15, -0.1) is 0 Å². The lowest BCUT2D eigenvalue weighted by Crippen LogP contribution is -2.04. The molecule has 4 nitrogen and oxygen atoms in total. The topological polar surface area (TPSA) is 48.0 Å². The molecule has 0 atom stereocenters. The number of hydrogen-bond donors (Lipinski definition) is 0. The van der Waals surface area contributed by atoms with Crippen LogP contribution in [0, 0.1) is 0 Å². The number of rotatable bonds is 3. The number of carbonyl (C=O) groups excluding carboxylic acids is 1. The van der Waals surface area contributed by atoms with Gasteiger partial charge in [0.1, 0.15) is 11.3 Å². The lowest BCUT2D eigenvalue weighted by Gasteiger charge is -2.08. The van der Waals surface area contributed by atoms with Crippen molar-refractivity contribution in [2.75, 3.05) is 0 Å². The summed E-state index contributed by atoms with van der Waals surface area (Å²) < 4.78 is 7.78. The number of hydrogen-bond acceptors (Lipinski definition) is 3. The molecule has 4 rings (SSSR count). The van der Waals surface area contributed by atoms with Gasteiger partial charge in [0.2, 0.25) is 0 Å². The second kappa shape index (κ2) is 4.88. The number of benzene rings is 1. The molecule has 0 amide bonds. The lowest BCUT2D eigenvalue weighted by atomic mass is 10.2. The molecule has 0 saturated heterocycles. The van der Waals surface area contributed by atoms with Gasteiger partial charge in [0, 0.05) is 11.6 Å². The molecule has 106 valence electrons. The fourth-order valence-corrected chi connectivity index (χ4v) is 3.14. The van der Waals surface area contributed by atoms with Crippen molar-refractivity contribution in [1.29, 1.82) is 0 Å². The summed E-state index contributed by atoms with van der Waals surface area (Å²) in [5.41, 5.74) is 2.06. The SMILES string of the molecule is O=Cc1cn(C2CCCC2)nc1-c1cc2ccccc2o1. The fraction of sp³-hybridized carbons (Fsp3) is 0.294. The zero-order chi connectivity index (χ0) is 14.2. The van der Waals surface area contributed by atoms with E-state index in [1.54, 1.807) is 0 Å². The molecule has 0 N–H and O–H groups in total. The smallest absolute Gasteiger partial charge is 0.156 e. The highest BCUT2D eigenvalue weighted by atomic mass is 16.3. The van der Waals surface area contributed by atoms with E-state index in [1.165, 1.54) is 12.8 Å². The molecular formula is C17H16N2O2. The maximum absolute atomic E-state index is 11.3. The van der Waals surface area contributed by atoms with Gasteiger partial charge in [-0.05, 0) is 25.0 Å². The van der Waals surface area contributed by atoms with Crippen LogP contribution in [0.1, 0.15) is 42.1 Å². The largest absolute Gasteiger partial charge is 0.454 e. The second-order valence-electron chi connectivity index (χ2n) is 5.62. The van der Waals surface area contributed by atoms with Gasteiger partial charge in [-0.3, -0.25) is 9.48 Å². The predicted octanol–water partition coefficient (Wildman–Crippen LogP) is 4.22. The Kier molecular flexibility index (Phi) is 2.88. The Hall–Kier alpha value is -2.36. The van der Waals surface area contributed by atoms with Crippen LogP contribution in [0.5, 0.6) is 0 Å². The number of carbonyl (C=O) groups is 1. The molecule has 0 aliphatic heterocycles. The predicted molar refractivity (Wildman–Crippen MR) is 80.3 cm³/mol. The van der Waals surface area contributed by atoms with Gasteiger partial charge >= 0.3 is 0 Å². The highest BCUT2D eigenvalue weighted by molar-refractivity contribution is 5.88. The van der Waals surface area contributed by atoms with Crippen molar-refractivity contribution in [3.8, 4) is 11.5 Å². The Bertz CT molecular complexity index is 761. The van der Waals surface area contributed by atoms with Crippen LogP contribution in [0.25, 0.3) is 22.4 Å². The number of para-hydroxylation sites is 1. The van der Waals surface area contributed by atoms with Crippen LogP contribution in [0.4, 0.5) is 0 Å². The third-order valence-electron chi connectivity index (χ3n) is 4.24. The Labute approximate surface area is 122 Å². The van der Waals surface area contributed by atoms with E-state index in [9.17, 15) is 4.79 Å². The standard InChI is InChI=1S/C17H16N2O2/c20-11-13-10-19(14-6-2-3-7-14)18-17(13)16-9-12-5-1-4-8-15(12)21-16/h1,4-5,8-11,14H,2-3,6-7H2. The van der Waals surface area contributed by atoms with E-state index in [4.69, 9.17) is 4.42 Å². The van der Waals surface area contributed by atoms with Crippen molar-refractivity contribution in [3.63, 3.8) is 0 Å². The van der Waals surface area contributed by atoms with E-state index >= 15 is 0 Å². The highest BCUT2D eigenvalue weighted by Crippen LogP contribution is 2.33. The minimum Gasteiger partial charge on any atom is -0.454 e. The molecular weight excluding hydrogens is 264 g/mol. The monoisotopic (exact) mass is 280 g/mol. The first-order valence-corrected chi connectivity index (χ1v) is 7.38. The van der Waals surface area contributed by atoms with E-state index in [1.807, 2.05) is 41.2 Å². The summed E-state index contributed by atoms with van der Waals surface area (Å²) in [6, 6.07) is 10.2. The van der Waals surface area contributed by atoms with E-state index in [-0.39, 0.29) is 0 Å². The summed E-state index contributed by atoms with van der Waals surface area (Å²) in [6.45, 7) is 0. The summed E-state index contributed by atoms with van der Waals surface area (Å²) in [7, 11) is 0. The number of furan rings is 1. The van der Waals surface area contributed by atoms with Crippen LogP contribution >= 0.6 is 0 Å². The summed E-state index contributed by atoms with van der Waals surface area (Å²) in [5.74, 6) is 0.662. The molecule has 1 fully saturated rings. The molecule has 1 aliphatic rings. The molecule has 2 heterocycles. The Morgan fingerprint density at radius 2 is 2.05 bits per heavy atom. The van der Waals surface area contributed by atoms with Gasteiger partial charge in [-0.2, -0.15) is 5.10 Å². The minimum atomic E-state index is 0.418. The summed E-state index contributed by atoms with van der Waals surface area (Å²) >= 11 is 0. The highest BCUT2D eigenvalue weighted by Gasteiger charge is 2.21. The van der Waals surface area contributed by atoms with Crippen molar-refractivity contribution < 1.29 is 9.21 Å². The van der Waals surface area contributed by atoms with Crippen LogP contribution < -0.4 is 0 Å². The van der Waals surface area contributed by atoms with Crippen molar-refractivity contribution >= 4 is 17.3 Å². The van der Waals surface area contributed by atoms with Crippen LogP contribution in [0.3, 0.4) is 0 Å². The molecule has 1 aliphatic carbocycles. The van der Waals surface area contributed by atoms with Crippen molar-refractivity contribution in [2.45, 2.75) is 31.7 Å². The van der Waals surface area contributed by atoms with Crippen molar-refractivity contribution in [2.24, 2.45) is 0 Å². The zero-order valence-corrected chi connectivity index (χ0v) is 11.7. The Morgan fingerprint density at radius 3 is 2.81 bits per heavy atom. The first kappa shape index (κ1) is 12.4. The maximum atomic E-state index is 11.3. The quantitative estimate of drug-likeness (QED) is 0.675. The first-order chi connectivity index (χ1) is 10.3. The van der Waals surface area contributed by atoms with Crippen LogP contribution in [0.15, 0.2) is 40.9 Å². The minimum absolute atomic E-state index is 0.418. The second-order valence-corrected chi connectivity index (χ2v) is 5.62. The van der Waals surface area contributed by atoms with E-state index in [0.29, 0.717) is 23.1 Å². The molecule has 0 radical (unpaired) electrons. The molecule has 21 heavy (non-hydrogen) atoms.